The summed E-state index contributed by atoms with van der Waals surface area (Å²) in [6, 6.07) is 0.141. The Morgan fingerprint density at radius 3 is 2.05 bits per heavy atom. The largest absolute Gasteiger partial charge is 0.478 e. The number of carboxylic acid groups (broad SMARTS) is 1. The Bertz CT molecular complexity index is 518. The second-order valence-electron chi connectivity index (χ2n) is 3.32. The Morgan fingerprint density at radius 1 is 1.11 bits per heavy atom. The molecule has 0 bridgehead atoms. The van der Waals surface area contributed by atoms with Crippen LogP contribution in [0.1, 0.15) is 16.8 Å². The van der Waals surface area contributed by atoms with Crippen LogP contribution in [0.4, 0.5) is 26.3 Å². The lowest BCUT2D eigenvalue weighted by Gasteiger charge is -2.15. The number of halogens is 6. The van der Waals surface area contributed by atoms with Crippen LogP contribution in [0, 0.1) is 0 Å². The molecule has 0 unspecified atom stereocenters. The van der Waals surface area contributed by atoms with Gasteiger partial charge in [0.25, 0.3) is 0 Å². The Balaban J connectivity index is 3.36. The molecule has 0 atom stereocenters. The summed E-state index contributed by atoms with van der Waals surface area (Å²) >= 11 is 0. The number of aromatic nitrogens is 1. The lowest BCUT2D eigenvalue weighted by molar-refractivity contribution is -0.162. The van der Waals surface area contributed by atoms with Gasteiger partial charge in [-0.3, -0.25) is 4.98 Å². The molecular weight excluding hydrogens is 280 g/mol. The van der Waals surface area contributed by atoms with Crippen LogP contribution in [-0.2, 0) is 17.1 Å². The Labute approximate surface area is 102 Å². The van der Waals surface area contributed by atoms with Gasteiger partial charge < -0.3 is 5.11 Å². The van der Waals surface area contributed by atoms with Crippen LogP contribution in [0.25, 0.3) is 6.08 Å². The number of carbonyl (C=O) groups is 1. The minimum atomic E-state index is -5.22. The molecule has 0 aliphatic heterocycles. The van der Waals surface area contributed by atoms with Gasteiger partial charge in [0.05, 0.1) is 16.8 Å². The third kappa shape index (κ3) is 3.97. The van der Waals surface area contributed by atoms with Crippen molar-refractivity contribution in [3.05, 3.63) is 35.2 Å². The first kappa shape index (κ1) is 15.0. The summed E-state index contributed by atoms with van der Waals surface area (Å²) in [6.07, 6.45) is -9.27. The first-order chi connectivity index (χ1) is 8.51. The fourth-order valence-corrected chi connectivity index (χ4v) is 1.18. The van der Waals surface area contributed by atoms with E-state index in [0.717, 1.165) is 0 Å². The molecule has 104 valence electrons. The van der Waals surface area contributed by atoms with Gasteiger partial charge in [-0.15, -0.1) is 0 Å². The summed E-state index contributed by atoms with van der Waals surface area (Å²) in [5, 5.41) is 8.27. The Kier molecular flexibility index (Phi) is 3.87. The zero-order chi connectivity index (χ0) is 14.8. The van der Waals surface area contributed by atoms with E-state index in [1.807, 2.05) is 0 Å². The van der Waals surface area contributed by atoms with Crippen LogP contribution in [0.15, 0.2) is 18.3 Å². The number of hydrogen-bond donors (Lipinski definition) is 1. The lowest BCUT2D eigenvalue weighted by Crippen LogP contribution is -2.17. The van der Waals surface area contributed by atoms with Crippen LogP contribution in [-0.4, -0.2) is 16.1 Å². The molecule has 0 amide bonds. The average molecular weight is 285 g/mol. The van der Waals surface area contributed by atoms with E-state index in [-0.39, 0.29) is 12.3 Å². The Hall–Kier alpha value is -2.06. The van der Waals surface area contributed by atoms with Crippen LogP contribution in [0.2, 0.25) is 0 Å². The van der Waals surface area contributed by atoms with E-state index in [9.17, 15) is 31.1 Å². The van der Waals surface area contributed by atoms with Crippen LogP contribution in [0.5, 0.6) is 0 Å². The zero-order valence-corrected chi connectivity index (χ0v) is 8.88. The minimum absolute atomic E-state index is 0.0182. The topological polar surface area (TPSA) is 50.2 Å². The van der Waals surface area contributed by atoms with Gasteiger partial charge in [0.15, 0.2) is 0 Å². The average Bonchev–Trinajstić information content (AvgIpc) is 2.23. The molecule has 0 aliphatic carbocycles. The van der Waals surface area contributed by atoms with Gasteiger partial charge >= 0.3 is 18.3 Å². The second kappa shape index (κ2) is 4.90. The number of aliphatic carboxylic acids is 1. The van der Waals surface area contributed by atoms with Gasteiger partial charge in [-0.2, -0.15) is 26.3 Å². The van der Waals surface area contributed by atoms with Crippen molar-refractivity contribution in [2.75, 3.05) is 0 Å². The summed E-state index contributed by atoms with van der Waals surface area (Å²) < 4.78 is 74.6. The van der Waals surface area contributed by atoms with Gasteiger partial charge in [-0.05, 0) is 12.1 Å². The molecule has 0 aromatic carbocycles. The molecule has 1 rings (SSSR count). The molecule has 9 heteroatoms. The molecular formula is C10H5F6NO2. The number of alkyl halides is 6. The van der Waals surface area contributed by atoms with Crippen LogP contribution >= 0.6 is 0 Å². The van der Waals surface area contributed by atoms with Crippen molar-refractivity contribution >= 4 is 12.0 Å². The number of hydrogen-bond acceptors (Lipinski definition) is 2. The summed E-state index contributed by atoms with van der Waals surface area (Å²) in [5.74, 6) is -1.46. The zero-order valence-electron chi connectivity index (χ0n) is 8.88. The number of nitrogens with zero attached hydrogens (tertiary/aromatic N) is 1. The highest BCUT2D eigenvalue weighted by atomic mass is 19.4. The minimum Gasteiger partial charge on any atom is -0.478 e. The number of rotatable bonds is 2. The summed E-state index contributed by atoms with van der Waals surface area (Å²) in [7, 11) is 0. The van der Waals surface area contributed by atoms with Crippen molar-refractivity contribution in [3.8, 4) is 0 Å². The van der Waals surface area contributed by atoms with Gasteiger partial charge in [0, 0.05) is 12.3 Å². The maximum atomic E-state index is 12.5. The van der Waals surface area contributed by atoms with E-state index in [1.54, 1.807) is 0 Å². The SMILES string of the molecule is O=C(O)/C=C/c1cc(C(F)(F)F)c(C(F)(F)F)cn1. The number of pyridine rings is 1. The van der Waals surface area contributed by atoms with Crippen molar-refractivity contribution in [1.82, 2.24) is 4.98 Å². The van der Waals surface area contributed by atoms with E-state index in [4.69, 9.17) is 5.11 Å². The van der Waals surface area contributed by atoms with E-state index < -0.39 is 35.1 Å². The smallest absolute Gasteiger partial charge is 0.418 e. The fraction of sp³-hybridized carbons (Fsp3) is 0.200. The highest BCUT2D eigenvalue weighted by Crippen LogP contribution is 2.40. The third-order valence-corrected chi connectivity index (χ3v) is 1.93. The molecule has 1 aromatic heterocycles. The molecule has 0 spiro atoms. The molecule has 0 fully saturated rings. The molecule has 1 aromatic rings. The predicted molar refractivity (Wildman–Crippen MR) is 50.9 cm³/mol. The van der Waals surface area contributed by atoms with Crippen LogP contribution < -0.4 is 0 Å². The third-order valence-electron chi connectivity index (χ3n) is 1.93. The van der Waals surface area contributed by atoms with Crippen molar-refractivity contribution in [2.24, 2.45) is 0 Å². The molecule has 1 heterocycles. The quantitative estimate of drug-likeness (QED) is 0.670. The van der Waals surface area contributed by atoms with Gasteiger partial charge in [-0.1, -0.05) is 0 Å². The molecule has 3 nitrogen and oxygen atoms in total. The van der Waals surface area contributed by atoms with Crippen molar-refractivity contribution in [3.63, 3.8) is 0 Å². The summed E-state index contributed by atoms with van der Waals surface area (Å²) in [5.41, 5.74) is -4.38. The predicted octanol–water partition coefficient (Wildman–Crippen LogP) is 3.22. The molecule has 0 saturated heterocycles. The Morgan fingerprint density at radius 2 is 1.63 bits per heavy atom. The number of carboxylic acids is 1. The standard InChI is InChI=1S/C10H5F6NO2/c11-9(12,13)6-3-5(1-2-8(18)19)17-4-7(6)10(14,15)16/h1-4H,(H,18,19)/b2-1+. The maximum Gasteiger partial charge on any atom is 0.418 e. The van der Waals surface area contributed by atoms with E-state index in [1.165, 1.54) is 0 Å². The highest BCUT2D eigenvalue weighted by molar-refractivity contribution is 5.84. The normalized spacial score (nSPS) is 12.9. The van der Waals surface area contributed by atoms with E-state index in [0.29, 0.717) is 12.2 Å². The molecule has 0 saturated carbocycles. The molecule has 19 heavy (non-hydrogen) atoms. The van der Waals surface area contributed by atoms with E-state index >= 15 is 0 Å². The fourth-order valence-electron chi connectivity index (χ4n) is 1.18. The highest BCUT2D eigenvalue weighted by Gasteiger charge is 2.43. The lowest BCUT2D eigenvalue weighted by atomic mass is 10.1. The van der Waals surface area contributed by atoms with Crippen LogP contribution in [0.3, 0.4) is 0 Å². The van der Waals surface area contributed by atoms with Crippen molar-refractivity contribution < 1.29 is 36.2 Å². The van der Waals surface area contributed by atoms with E-state index in [2.05, 4.69) is 4.98 Å². The van der Waals surface area contributed by atoms with Gasteiger partial charge in [0.2, 0.25) is 0 Å². The molecule has 0 aliphatic rings. The van der Waals surface area contributed by atoms with Crippen molar-refractivity contribution in [1.29, 1.82) is 0 Å². The van der Waals surface area contributed by atoms with Gasteiger partial charge in [0.1, 0.15) is 0 Å². The van der Waals surface area contributed by atoms with Gasteiger partial charge in [-0.25, -0.2) is 4.79 Å². The first-order valence-corrected chi connectivity index (χ1v) is 4.57. The monoisotopic (exact) mass is 285 g/mol. The summed E-state index contributed by atoms with van der Waals surface area (Å²) in [6.45, 7) is 0. The second-order valence-corrected chi connectivity index (χ2v) is 3.32. The molecule has 0 radical (unpaired) electrons. The first-order valence-electron chi connectivity index (χ1n) is 4.57. The maximum absolute atomic E-state index is 12.5. The summed E-state index contributed by atoms with van der Waals surface area (Å²) in [4.78, 5) is 13.3. The molecule has 1 N–H and O–H groups in total. The van der Waals surface area contributed by atoms with Crippen molar-refractivity contribution in [2.45, 2.75) is 12.4 Å².